The van der Waals surface area contributed by atoms with Crippen molar-refractivity contribution in [2.45, 2.75) is 26.9 Å². The zero-order valence-corrected chi connectivity index (χ0v) is 12.3. The van der Waals surface area contributed by atoms with E-state index in [1.807, 2.05) is 13.8 Å². The SMILES string of the molecule is Cc1cc(Cl)cc(C)c1Oc1ccc([C@H](C)O)cc1F. The van der Waals surface area contributed by atoms with Crippen LogP contribution in [0.4, 0.5) is 4.39 Å². The maximum atomic E-state index is 14.0. The number of rotatable bonds is 3. The molecule has 2 rings (SSSR count). The smallest absolute Gasteiger partial charge is 0.166 e. The fourth-order valence-corrected chi connectivity index (χ4v) is 2.36. The van der Waals surface area contributed by atoms with Crippen LogP contribution in [0.25, 0.3) is 0 Å². The van der Waals surface area contributed by atoms with Crippen LogP contribution in [0.3, 0.4) is 0 Å². The first-order chi connectivity index (χ1) is 9.38. The number of benzene rings is 2. The van der Waals surface area contributed by atoms with Gasteiger partial charge in [0.1, 0.15) is 5.75 Å². The summed E-state index contributed by atoms with van der Waals surface area (Å²) >= 11 is 5.95. The molecule has 20 heavy (non-hydrogen) atoms. The molecule has 2 aromatic carbocycles. The first-order valence-corrected chi connectivity index (χ1v) is 6.68. The van der Waals surface area contributed by atoms with E-state index >= 15 is 0 Å². The van der Waals surface area contributed by atoms with Crippen LogP contribution in [0.2, 0.25) is 5.02 Å². The van der Waals surface area contributed by atoms with Crippen molar-refractivity contribution < 1.29 is 14.2 Å². The van der Waals surface area contributed by atoms with E-state index in [9.17, 15) is 9.50 Å². The van der Waals surface area contributed by atoms with Crippen LogP contribution in [0.5, 0.6) is 11.5 Å². The summed E-state index contributed by atoms with van der Waals surface area (Å²) in [5, 5.41) is 10.0. The lowest BCUT2D eigenvalue weighted by Gasteiger charge is -2.14. The van der Waals surface area contributed by atoms with E-state index in [0.29, 0.717) is 16.3 Å². The van der Waals surface area contributed by atoms with Crippen LogP contribution >= 0.6 is 11.6 Å². The van der Waals surface area contributed by atoms with Gasteiger partial charge in [-0.15, -0.1) is 0 Å². The highest BCUT2D eigenvalue weighted by molar-refractivity contribution is 6.30. The summed E-state index contributed by atoms with van der Waals surface area (Å²) in [6.07, 6.45) is -0.711. The second-order valence-electron chi connectivity index (χ2n) is 4.84. The van der Waals surface area contributed by atoms with Crippen molar-refractivity contribution in [1.82, 2.24) is 0 Å². The van der Waals surface area contributed by atoms with Gasteiger partial charge < -0.3 is 9.84 Å². The largest absolute Gasteiger partial charge is 0.454 e. The number of halogens is 2. The van der Waals surface area contributed by atoms with Crippen molar-refractivity contribution >= 4 is 11.6 Å². The molecule has 0 saturated carbocycles. The Balaban J connectivity index is 2.36. The highest BCUT2D eigenvalue weighted by atomic mass is 35.5. The summed E-state index contributed by atoms with van der Waals surface area (Å²) in [7, 11) is 0. The van der Waals surface area contributed by atoms with Gasteiger partial charge in [0.25, 0.3) is 0 Å². The first-order valence-electron chi connectivity index (χ1n) is 6.30. The molecule has 0 aliphatic carbocycles. The molecule has 0 fully saturated rings. The number of aryl methyl sites for hydroxylation is 2. The number of aliphatic hydroxyl groups is 1. The van der Waals surface area contributed by atoms with Crippen LogP contribution in [0.1, 0.15) is 29.7 Å². The molecule has 0 aliphatic rings. The molecule has 0 amide bonds. The van der Waals surface area contributed by atoms with Gasteiger partial charge in [0, 0.05) is 5.02 Å². The van der Waals surface area contributed by atoms with Gasteiger partial charge in [0.05, 0.1) is 6.10 Å². The standard InChI is InChI=1S/C16H16ClFO2/c1-9-6-13(17)7-10(2)16(9)20-15-5-4-12(11(3)19)8-14(15)18/h4-8,11,19H,1-3H3/t11-/m0/s1. The van der Waals surface area contributed by atoms with E-state index in [1.54, 1.807) is 25.1 Å². The average molecular weight is 295 g/mol. The van der Waals surface area contributed by atoms with E-state index in [0.717, 1.165) is 11.1 Å². The Kier molecular flexibility index (Phi) is 4.31. The molecule has 0 aromatic heterocycles. The normalized spacial score (nSPS) is 12.3. The van der Waals surface area contributed by atoms with E-state index < -0.39 is 11.9 Å². The fourth-order valence-electron chi connectivity index (χ4n) is 2.03. The molecule has 0 radical (unpaired) electrons. The van der Waals surface area contributed by atoms with Crippen molar-refractivity contribution in [1.29, 1.82) is 0 Å². The molecule has 0 saturated heterocycles. The number of hydrogen-bond acceptors (Lipinski definition) is 2. The highest BCUT2D eigenvalue weighted by Gasteiger charge is 2.12. The Labute approximate surface area is 122 Å². The van der Waals surface area contributed by atoms with E-state index in [-0.39, 0.29) is 5.75 Å². The van der Waals surface area contributed by atoms with Crippen molar-refractivity contribution in [2.24, 2.45) is 0 Å². The maximum absolute atomic E-state index is 14.0. The summed E-state index contributed by atoms with van der Waals surface area (Å²) in [6, 6.07) is 7.98. The summed E-state index contributed by atoms with van der Waals surface area (Å²) in [4.78, 5) is 0. The molecule has 0 bridgehead atoms. The molecule has 2 aromatic rings. The van der Waals surface area contributed by atoms with Crippen LogP contribution in [-0.2, 0) is 0 Å². The second-order valence-corrected chi connectivity index (χ2v) is 5.27. The van der Waals surface area contributed by atoms with Crippen LogP contribution in [0.15, 0.2) is 30.3 Å². The molecular formula is C16H16ClFO2. The zero-order valence-electron chi connectivity index (χ0n) is 11.6. The molecule has 1 atom stereocenters. The second kappa shape index (κ2) is 5.81. The van der Waals surface area contributed by atoms with Gasteiger partial charge in [-0.25, -0.2) is 4.39 Å². The topological polar surface area (TPSA) is 29.5 Å². The average Bonchev–Trinajstić information content (AvgIpc) is 2.34. The monoisotopic (exact) mass is 294 g/mol. The third-order valence-corrected chi connectivity index (χ3v) is 3.29. The van der Waals surface area contributed by atoms with Gasteiger partial charge >= 0.3 is 0 Å². The lowest BCUT2D eigenvalue weighted by Crippen LogP contribution is -1.96. The van der Waals surface area contributed by atoms with Crippen molar-refractivity contribution in [3.63, 3.8) is 0 Å². The predicted octanol–water partition coefficient (Wildman–Crippen LogP) is 4.94. The lowest BCUT2D eigenvalue weighted by molar-refractivity contribution is 0.198. The predicted molar refractivity (Wildman–Crippen MR) is 78.0 cm³/mol. The Morgan fingerprint density at radius 1 is 1.15 bits per heavy atom. The van der Waals surface area contributed by atoms with Gasteiger partial charge in [-0.2, -0.15) is 0 Å². The van der Waals surface area contributed by atoms with Crippen molar-refractivity contribution in [3.05, 3.63) is 57.9 Å². The zero-order chi connectivity index (χ0) is 14.9. The van der Waals surface area contributed by atoms with Gasteiger partial charge in [-0.05, 0) is 61.7 Å². The van der Waals surface area contributed by atoms with Crippen LogP contribution in [-0.4, -0.2) is 5.11 Å². The minimum Gasteiger partial charge on any atom is -0.454 e. The summed E-state index contributed by atoms with van der Waals surface area (Å²) < 4.78 is 19.6. The third kappa shape index (κ3) is 3.11. The summed E-state index contributed by atoms with van der Waals surface area (Å²) in [5.74, 6) is 0.221. The Hall–Kier alpha value is -1.58. The van der Waals surface area contributed by atoms with Gasteiger partial charge in [-0.1, -0.05) is 17.7 Å². The van der Waals surface area contributed by atoms with Crippen molar-refractivity contribution in [3.8, 4) is 11.5 Å². The Morgan fingerprint density at radius 3 is 2.25 bits per heavy atom. The Morgan fingerprint density at radius 2 is 1.75 bits per heavy atom. The molecule has 106 valence electrons. The fraction of sp³-hybridized carbons (Fsp3) is 0.250. The van der Waals surface area contributed by atoms with Crippen LogP contribution in [0, 0.1) is 19.7 Å². The van der Waals surface area contributed by atoms with Crippen molar-refractivity contribution in [2.75, 3.05) is 0 Å². The molecule has 4 heteroatoms. The molecule has 1 N–H and O–H groups in total. The van der Waals surface area contributed by atoms with Crippen LogP contribution < -0.4 is 4.74 Å². The minimum absolute atomic E-state index is 0.128. The quantitative estimate of drug-likeness (QED) is 0.868. The maximum Gasteiger partial charge on any atom is 0.166 e. The molecule has 0 unspecified atom stereocenters. The summed E-state index contributed by atoms with van der Waals surface area (Å²) in [5.41, 5.74) is 2.20. The van der Waals surface area contributed by atoms with Gasteiger partial charge in [0.15, 0.2) is 11.6 Å². The third-order valence-electron chi connectivity index (χ3n) is 3.08. The van der Waals surface area contributed by atoms with E-state index in [1.165, 1.54) is 12.1 Å². The van der Waals surface area contributed by atoms with Gasteiger partial charge in [-0.3, -0.25) is 0 Å². The van der Waals surface area contributed by atoms with E-state index in [4.69, 9.17) is 16.3 Å². The Bertz CT molecular complexity index is 615. The molecule has 0 spiro atoms. The van der Waals surface area contributed by atoms with E-state index in [2.05, 4.69) is 0 Å². The van der Waals surface area contributed by atoms with Gasteiger partial charge in [0.2, 0.25) is 0 Å². The lowest BCUT2D eigenvalue weighted by atomic mass is 10.1. The minimum atomic E-state index is -0.711. The first kappa shape index (κ1) is 14.8. The molecule has 0 heterocycles. The summed E-state index contributed by atoms with van der Waals surface area (Å²) in [6.45, 7) is 5.30. The molecule has 2 nitrogen and oxygen atoms in total. The molecule has 0 aliphatic heterocycles. The number of hydrogen-bond donors (Lipinski definition) is 1. The highest BCUT2D eigenvalue weighted by Crippen LogP contribution is 2.33. The molecular weight excluding hydrogens is 279 g/mol. The number of ether oxygens (including phenoxy) is 1. The number of aliphatic hydroxyl groups excluding tert-OH is 1.